The first-order valence-electron chi connectivity index (χ1n) is 11.3. The van der Waals surface area contributed by atoms with Gasteiger partial charge < -0.3 is 5.32 Å². The number of amides is 1. The monoisotopic (exact) mass is 472 g/mol. The quantitative estimate of drug-likeness (QED) is 0.616. The summed E-state index contributed by atoms with van der Waals surface area (Å²) in [6.07, 6.45) is 4.99. The van der Waals surface area contributed by atoms with Crippen molar-refractivity contribution in [3.8, 4) is 10.6 Å². The van der Waals surface area contributed by atoms with E-state index in [0.717, 1.165) is 35.2 Å². The molecule has 0 radical (unpaired) electrons. The Kier molecular flexibility index (Phi) is 5.57. The molecule has 3 aromatic rings. The Morgan fingerprint density at radius 1 is 1.25 bits per heavy atom. The third-order valence-corrected chi connectivity index (χ3v) is 9.48. The normalized spacial score (nSPS) is 25.2. The van der Waals surface area contributed by atoms with Crippen LogP contribution in [0.4, 0.5) is 0 Å². The van der Waals surface area contributed by atoms with Crippen molar-refractivity contribution in [2.75, 3.05) is 11.5 Å². The fraction of sp³-hybridized carbons (Fsp3) is 0.522. The highest BCUT2D eigenvalue weighted by atomic mass is 32.2. The average Bonchev–Trinajstić information content (AvgIpc) is 3.48. The molecule has 2 fully saturated rings. The molecule has 3 aromatic heterocycles. The number of hydrogen-bond donors (Lipinski definition) is 1. The van der Waals surface area contributed by atoms with Crippen molar-refractivity contribution in [1.29, 1.82) is 0 Å². The SMILES string of the molecule is Cc1nn([C@@H]2CCS(=O)(=O)C2)c2nc(-c3cccs3)cc(C(=O)N[C@@H]3CCCC[C@H]3C)c12. The molecule has 0 unspecified atom stereocenters. The molecule has 1 saturated carbocycles. The van der Waals surface area contributed by atoms with Crippen LogP contribution in [0, 0.1) is 12.8 Å². The lowest BCUT2D eigenvalue weighted by Crippen LogP contribution is -2.41. The number of nitrogens with zero attached hydrogens (tertiary/aromatic N) is 3. The molecule has 0 spiro atoms. The number of carbonyl (C=O) groups excluding carboxylic acids is 1. The Balaban J connectivity index is 1.62. The number of rotatable bonds is 4. The van der Waals surface area contributed by atoms with E-state index in [1.165, 1.54) is 6.42 Å². The Morgan fingerprint density at radius 2 is 2.06 bits per heavy atom. The minimum absolute atomic E-state index is 0.0647. The van der Waals surface area contributed by atoms with E-state index in [2.05, 4.69) is 17.3 Å². The van der Waals surface area contributed by atoms with Crippen LogP contribution in [0.1, 0.15) is 61.1 Å². The molecule has 1 aliphatic heterocycles. The van der Waals surface area contributed by atoms with Gasteiger partial charge in [-0.05, 0) is 49.6 Å². The van der Waals surface area contributed by atoms with Crippen molar-refractivity contribution in [2.24, 2.45) is 5.92 Å². The smallest absolute Gasteiger partial charge is 0.252 e. The second kappa shape index (κ2) is 8.26. The van der Waals surface area contributed by atoms with Crippen molar-refractivity contribution >= 4 is 38.1 Å². The van der Waals surface area contributed by atoms with E-state index in [4.69, 9.17) is 4.98 Å². The van der Waals surface area contributed by atoms with Gasteiger partial charge in [0.25, 0.3) is 5.91 Å². The predicted molar refractivity (Wildman–Crippen MR) is 127 cm³/mol. The molecule has 170 valence electrons. The van der Waals surface area contributed by atoms with Gasteiger partial charge in [-0.3, -0.25) is 4.79 Å². The van der Waals surface area contributed by atoms with Gasteiger partial charge in [0.15, 0.2) is 15.5 Å². The maximum atomic E-state index is 13.5. The lowest BCUT2D eigenvalue weighted by atomic mass is 9.86. The molecule has 5 rings (SSSR count). The number of hydrogen-bond acceptors (Lipinski definition) is 6. The third-order valence-electron chi connectivity index (χ3n) is 6.84. The highest BCUT2D eigenvalue weighted by molar-refractivity contribution is 7.91. The summed E-state index contributed by atoms with van der Waals surface area (Å²) in [5.74, 6) is 0.579. The summed E-state index contributed by atoms with van der Waals surface area (Å²) in [6.45, 7) is 4.07. The van der Waals surface area contributed by atoms with Crippen LogP contribution in [0.15, 0.2) is 23.6 Å². The minimum Gasteiger partial charge on any atom is -0.349 e. The molecule has 1 amide bonds. The second-order valence-corrected chi connectivity index (χ2v) is 12.3. The van der Waals surface area contributed by atoms with Crippen LogP contribution < -0.4 is 5.32 Å². The van der Waals surface area contributed by atoms with E-state index < -0.39 is 9.84 Å². The van der Waals surface area contributed by atoms with E-state index in [0.29, 0.717) is 29.2 Å². The standard InChI is InChI=1S/C23H28N4O3S2/c1-14-6-3-4-7-18(14)25-23(28)17-12-19(20-8-5-10-31-20)24-22-21(17)15(2)26-27(22)16-9-11-32(29,30)13-16/h5,8,10,12,14,16,18H,3-4,6-7,9,11,13H2,1-2H3,(H,25,28)/t14-,16-,18-/m1/s1. The summed E-state index contributed by atoms with van der Waals surface area (Å²) in [6, 6.07) is 5.72. The number of carbonyl (C=O) groups is 1. The van der Waals surface area contributed by atoms with Gasteiger partial charge >= 0.3 is 0 Å². The summed E-state index contributed by atoms with van der Waals surface area (Å²) in [4.78, 5) is 19.4. The van der Waals surface area contributed by atoms with Gasteiger partial charge in [-0.2, -0.15) is 5.10 Å². The Bertz CT molecular complexity index is 1260. The first-order valence-corrected chi connectivity index (χ1v) is 14.0. The van der Waals surface area contributed by atoms with Crippen LogP contribution >= 0.6 is 11.3 Å². The molecule has 1 N–H and O–H groups in total. The topological polar surface area (TPSA) is 93.9 Å². The van der Waals surface area contributed by atoms with Crippen LogP contribution in [-0.2, 0) is 9.84 Å². The molecular formula is C23H28N4O3S2. The number of thiophene rings is 1. The zero-order chi connectivity index (χ0) is 22.5. The first kappa shape index (κ1) is 21.6. The molecule has 2 aliphatic rings. The Labute approximate surface area is 192 Å². The van der Waals surface area contributed by atoms with E-state index in [-0.39, 0.29) is 29.5 Å². The number of fused-ring (bicyclic) bond motifs is 1. The number of aromatic nitrogens is 3. The third kappa shape index (κ3) is 3.96. The van der Waals surface area contributed by atoms with Gasteiger partial charge in [0.1, 0.15) is 0 Å². The molecule has 1 saturated heterocycles. The summed E-state index contributed by atoms with van der Waals surface area (Å²) in [5, 5.41) is 10.7. The van der Waals surface area contributed by atoms with Crippen molar-refractivity contribution in [3.05, 3.63) is 34.8 Å². The maximum absolute atomic E-state index is 13.5. The highest BCUT2D eigenvalue weighted by Crippen LogP contribution is 2.33. The zero-order valence-electron chi connectivity index (χ0n) is 18.4. The zero-order valence-corrected chi connectivity index (χ0v) is 20.0. The van der Waals surface area contributed by atoms with E-state index in [9.17, 15) is 13.2 Å². The second-order valence-electron chi connectivity index (χ2n) is 9.16. The van der Waals surface area contributed by atoms with Gasteiger partial charge in [0, 0.05) is 6.04 Å². The number of nitrogens with one attached hydrogen (secondary N) is 1. The summed E-state index contributed by atoms with van der Waals surface area (Å²) in [5.41, 5.74) is 2.59. The largest absolute Gasteiger partial charge is 0.349 e. The van der Waals surface area contributed by atoms with E-state index in [1.54, 1.807) is 16.0 Å². The lowest BCUT2D eigenvalue weighted by Gasteiger charge is -2.29. The van der Waals surface area contributed by atoms with Crippen LogP contribution in [0.25, 0.3) is 21.6 Å². The van der Waals surface area contributed by atoms with Crippen molar-refractivity contribution in [1.82, 2.24) is 20.1 Å². The average molecular weight is 473 g/mol. The molecule has 0 bridgehead atoms. The highest BCUT2D eigenvalue weighted by Gasteiger charge is 2.33. The van der Waals surface area contributed by atoms with Crippen LogP contribution in [-0.4, -0.2) is 46.6 Å². The van der Waals surface area contributed by atoms with Gasteiger partial charge in [-0.25, -0.2) is 18.1 Å². The number of pyridine rings is 1. The van der Waals surface area contributed by atoms with Gasteiger partial charge in [-0.15, -0.1) is 11.3 Å². The summed E-state index contributed by atoms with van der Waals surface area (Å²) >= 11 is 1.57. The number of sulfone groups is 1. The van der Waals surface area contributed by atoms with Crippen molar-refractivity contribution in [3.63, 3.8) is 0 Å². The van der Waals surface area contributed by atoms with Gasteiger partial charge in [0.05, 0.1) is 44.8 Å². The predicted octanol–water partition coefficient (Wildman–Crippen LogP) is 4.14. The first-order chi connectivity index (χ1) is 15.3. The van der Waals surface area contributed by atoms with Gasteiger partial charge in [0.2, 0.25) is 0 Å². The molecule has 32 heavy (non-hydrogen) atoms. The molecule has 0 aromatic carbocycles. The molecule has 7 nitrogen and oxygen atoms in total. The van der Waals surface area contributed by atoms with Gasteiger partial charge in [-0.1, -0.05) is 25.8 Å². The summed E-state index contributed by atoms with van der Waals surface area (Å²) in [7, 11) is -3.07. The fourth-order valence-electron chi connectivity index (χ4n) is 5.04. The Hall–Kier alpha value is -2.26. The molecule has 9 heteroatoms. The minimum atomic E-state index is -3.07. The van der Waals surface area contributed by atoms with Crippen molar-refractivity contribution in [2.45, 2.75) is 58.0 Å². The molecular weight excluding hydrogens is 444 g/mol. The lowest BCUT2D eigenvalue weighted by molar-refractivity contribution is 0.0912. The van der Waals surface area contributed by atoms with Crippen molar-refractivity contribution < 1.29 is 13.2 Å². The van der Waals surface area contributed by atoms with E-state index >= 15 is 0 Å². The van der Waals surface area contributed by atoms with Crippen LogP contribution in [0.2, 0.25) is 0 Å². The molecule has 1 aliphatic carbocycles. The summed E-state index contributed by atoms with van der Waals surface area (Å²) < 4.78 is 26.0. The maximum Gasteiger partial charge on any atom is 0.252 e. The number of aryl methyl sites for hydroxylation is 1. The molecule has 3 atom stereocenters. The van der Waals surface area contributed by atoms with Crippen LogP contribution in [0.5, 0.6) is 0 Å². The van der Waals surface area contributed by atoms with E-state index in [1.807, 2.05) is 30.5 Å². The Morgan fingerprint density at radius 3 is 2.75 bits per heavy atom. The fourth-order valence-corrected chi connectivity index (χ4v) is 7.42. The van der Waals surface area contributed by atoms with Crippen LogP contribution in [0.3, 0.4) is 0 Å². The molecule has 4 heterocycles.